The summed E-state index contributed by atoms with van der Waals surface area (Å²) in [6.07, 6.45) is 0.241. The van der Waals surface area contributed by atoms with Crippen LogP contribution < -0.4 is 10.5 Å². The van der Waals surface area contributed by atoms with Crippen LogP contribution in [0.15, 0.2) is 46.9 Å². The second kappa shape index (κ2) is 7.25. The highest BCUT2D eigenvalue weighted by Gasteiger charge is 2.22. The first kappa shape index (κ1) is 16.3. The smallest absolute Gasteiger partial charge is 0.140 e. The molecule has 0 spiro atoms. The van der Waals surface area contributed by atoms with Gasteiger partial charge in [0.25, 0.3) is 0 Å². The zero-order valence-electron chi connectivity index (χ0n) is 11.5. The van der Waals surface area contributed by atoms with Gasteiger partial charge in [0.2, 0.25) is 0 Å². The van der Waals surface area contributed by atoms with Crippen molar-refractivity contribution in [3.8, 4) is 5.75 Å². The Morgan fingerprint density at radius 1 is 1.29 bits per heavy atom. The van der Waals surface area contributed by atoms with E-state index >= 15 is 0 Å². The van der Waals surface area contributed by atoms with E-state index in [9.17, 15) is 4.39 Å². The van der Waals surface area contributed by atoms with Crippen molar-refractivity contribution in [1.82, 2.24) is 0 Å². The van der Waals surface area contributed by atoms with Gasteiger partial charge in [-0.15, -0.1) is 0 Å². The normalized spacial score (nSPS) is 13.8. The molecule has 2 aromatic carbocycles. The van der Waals surface area contributed by atoms with E-state index in [4.69, 9.17) is 22.1 Å². The van der Waals surface area contributed by atoms with Crippen molar-refractivity contribution in [3.63, 3.8) is 0 Å². The summed E-state index contributed by atoms with van der Waals surface area (Å²) >= 11 is 9.52. The van der Waals surface area contributed by atoms with Gasteiger partial charge >= 0.3 is 0 Å². The van der Waals surface area contributed by atoms with Crippen LogP contribution in [0.3, 0.4) is 0 Å². The lowest BCUT2D eigenvalue weighted by molar-refractivity contribution is 0.170. The molecule has 2 atom stereocenters. The van der Waals surface area contributed by atoms with Crippen LogP contribution in [0.5, 0.6) is 5.75 Å². The lowest BCUT2D eigenvalue weighted by Crippen LogP contribution is -2.31. The number of benzene rings is 2. The van der Waals surface area contributed by atoms with E-state index in [1.807, 2.05) is 13.0 Å². The van der Waals surface area contributed by atoms with Gasteiger partial charge in [0, 0.05) is 10.5 Å². The van der Waals surface area contributed by atoms with Crippen LogP contribution in [0.1, 0.15) is 25.0 Å². The van der Waals surface area contributed by atoms with E-state index < -0.39 is 6.10 Å². The quantitative estimate of drug-likeness (QED) is 0.792. The van der Waals surface area contributed by atoms with Gasteiger partial charge in [-0.1, -0.05) is 46.6 Å². The molecule has 0 aliphatic heterocycles. The number of rotatable bonds is 5. The molecule has 2 N–H and O–H groups in total. The maximum Gasteiger partial charge on any atom is 0.140 e. The van der Waals surface area contributed by atoms with Crippen LogP contribution in [0, 0.1) is 5.82 Å². The first-order chi connectivity index (χ1) is 10.0. The lowest BCUT2D eigenvalue weighted by atomic mass is 10.0. The molecule has 2 aromatic rings. The standard InChI is InChI=1S/C16H16BrClFNO/c1-2-14(20)16(10-4-3-5-12(19)8-10)21-15-9-11(17)6-7-13(15)18/h3-9,14,16H,2,20H2,1H3. The van der Waals surface area contributed by atoms with Crippen molar-refractivity contribution in [2.45, 2.75) is 25.5 Å². The summed E-state index contributed by atoms with van der Waals surface area (Å²) in [6, 6.07) is 11.4. The number of halogens is 3. The van der Waals surface area contributed by atoms with Crippen molar-refractivity contribution in [3.05, 3.63) is 63.3 Å². The van der Waals surface area contributed by atoms with Crippen LogP contribution in [0.4, 0.5) is 4.39 Å². The molecule has 0 aliphatic rings. The predicted octanol–water partition coefficient (Wildman–Crippen LogP) is 5.10. The third-order valence-corrected chi connectivity index (χ3v) is 3.99. The molecule has 0 saturated carbocycles. The summed E-state index contributed by atoms with van der Waals surface area (Å²) in [5, 5.41) is 0.489. The minimum Gasteiger partial charge on any atom is -0.482 e. The van der Waals surface area contributed by atoms with Crippen molar-refractivity contribution in [2.75, 3.05) is 0 Å². The van der Waals surface area contributed by atoms with Gasteiger partial charge in [0.1, 0.15) is 17.7 Å². The van der Waals surface area contributed by atoms with Gasteiger partial charge in [-0.25, -0.2) is 4.39 Å². The van der Waals surface area contributed by atoms with Crippen molar-refractivity contribution in [2.24, 2.45) is 5.73 Å². The fraction of sp³-hybridized carbons (Fsp3) is 0.250. The zero-order chi connectivity index (χ0) is 15.4. The molecule has 0 heterocycles. The Bertz CT molecular complexity index is 623. The molecule has 0 saturated heterocycles. The van der Waals surface area contributed by atoms with E-state index in [0.29, 0.717) is 22.8 Å². The van der Waals surface area contributed by atoms with Gasteiger partial charge in [0.05, 0.1) is 5.02 Å². The second-order valence-electron chi connectivity index (χ2n) is 4.74. The van der Waals surface area contributed by atoms with E-state index in [-0.39, 0.29) is 11.9 Å². The molecule has 2 rings (SSSR count). The minimum absolute atomic E-state index is 0.262. The topological polar surface area (TPSA) is 35.2 Å². The maximum atomic E-state index is 13.4. The summed E-state index contributed by atoms with van der Waals surface area (Å²) in [5.74, 6) is 0.203. The van der Waals surface area contributed by atoms with Crippen LogP contribution in [-0.2, 0) is 0 Å². The predicted molar refractivity (Wildman–Crippen MR) is 87.2 cm³/mol. The van der Waals surface area contributed by atoms with Gasteiger partial charge in [-0.2, -0.15) is 0 Å². The van der Waals surface area contributed by atoms with Gasteiger partial charge in [-0.3, -0.25) is 0 Å². The average Bonchev–Trinajstić information content (AvgIpc) is 2.47. The average molecular weight is 373 g/mol. The first-order valence-electron chi connectivity index (χ1n) is 6.64. The highest BCUT2D eigenvalue weighted by atomic mass is 79.9. The molecule has 0 aromatic heterocycles. The summed E-state index contributed by atoms with van der Waals surface area (Å²) < 4.78 is 20.3. The Morgan fingerprint density at radius 2 is 2.05 bits per heavy atom. The molecule has 5 heteroatoms. The van der Waals surface area contributed by atoms with E-state index in [1.165, 1.54) is 12.1 Å². The van der Waals surface area contributed by atoms with Crippen LogP contribution in [0.2, 0.25) is 5.02 Å². The Kier molecular flexibility index (Phi) is 5.62. The maximum absolute atomic E-state index is 13.4. The molecule has 21 heavy (non-hydrogen) atoms. The Morgan fingerprint density at radius 3 is 2.71 bits per heavy atom. The fourth-order valence-electron chi connectivity index (χ4n) is 2.00. The fourth-order valence-corrected chi connectivity index (χ4v) is 2.51. The molecule has 0 fully saturated rings. The van der Waals surface area contributed by atoms with Crippen LogP contribution >= 0.6 is 27.5 Å². The SMILES string of the molecule is CCC(N)C(Oc1cc(Br)ccc1Cl)c1cccc(F)c1. The molecule has 0 amide bonds. The largest absolute Gasteiger partial charge is 0.482 e. The lowest BCUT2D eigenvalue weighted by Gasteiger charge is -2.25. The zero-order valence-corrected chi connectivity index (χ0v) is 13.9. The van der Waals surface area contributed by atoms with Crippen LogP contribution in [-0.4, -0.2) is 6.04 Å². The van der Waals surface area contributed by atoms with E-state index in [2.05, 4.69) is 15.9 Å². The Hall–Kier alpha value is -1.10. The Balaban J connectivity index is 2.35. The molecular formula is C16H16BrClFNO. The van der Waals surface area contributed by atoms with E-state index in [0.717, 1.165) is 4.47 Å². The summed E-state index contributed by atoms with van der Waals surface area (Å²) in [6.45, 7) is 1.96. The minimum atomic E-state index is -0.461. The van der Waals surface area contributed by atoms with Gasteiger partial charge < -0.3 is 10.5 Å². The highest BCUT2D eigenvalue weighted by Crippen LogP contribution is 2.33. The Labute approximate surface area is 137 Å². The van der Waals surface area contributed by atoms with Crippen LogP contribution in [0.25, 0.3) is 0 Å². The molecule has 112 valence electrons. The third kappa shape index (κ3) is 4.19. The molecule has 0 radical (unpaired) electrons. The summed E-state index contributed by atoms with van der Waals surface area (Å²) in [4.78, 5) is 0. The third-order valence-electron chi connectivity index (χ3n) is 3.18. The molecule has 0 bridgehead atoms. The number of ether oxygens (including phenoxy) is 1. The molecular weight excluding hydrogens is 357 g/mol. The first-order valence-corrected chi connectivity index (χ1v) is 7.81. The monoisotopic (exact) mass is 371 g/mol. The van der Waals surface area contributed by atoms with E-state index in [1.54, 1.807) is 24.3 Å². The molecule has 0 aliphatic carbocycles. The number of nitrogens with two attached hydrogens (primary N) is 1. The van der Waals surface area contributed by atoms with Crippen molar-refractivity contribution in [1.29, 1.82) is 0 Å². The summed E-state index contributed by atoms with van der Waals surface area (Å²) in [7, 11) is 0. The second-order valence-corrected chi connectivity index (χ2v) is 6.06. The van der Waals surface area contributed by atoms with Gasteiger partial charge in [0.15, 0.2) is 0 Å². The molecule has 2 unspecified atom stereocenters. The summed E-state index contributed by atoms with van der Waals surface area (Å²) in [5.41, 5.74) is 6.83. The van der Waals surface area contributed by atoms with Gasteiger partial charge in [-0.05, 0) is 42.3 Å². The highest BCUT2D eigenvalue weighted by molar-refractivity contribution is 9.10. The number of hydrogen-bond acceptors (Lipinski definition) is 2. The van der Waals surface area contributed by atoms with Crippen molar-refractivity contribution < 1.29 is 9.13 Å². The van der Waals surface area contributed by atoms with Crippen molar-refractivity contribution >= 4 is 27.5 Å². The molecule has 2 nitrogen and oxygen atoms in total. The number of hydrogen-bond donors (Lipinski definition) is 1.